The minimum Gasteiger partial charge on any atom is -0.444 e. The first-order chi connectivity index (χ1) is 11.9. The Morgan fingerprint density at radius 3 is 2.36 bits per heavy atom. The van der Waals surface area contributed by atoms with Crippen molar-refractivity contribution >= 4 is 11.8 Å². The number of nitrogens with one attached hydrogen (secondary N) is 1. The fourth-order valence-corrected chi connectivity index (χ4v) is 2.58. The SMILES string of the molecule is CNCCC#Cc1ccc(N2CCN(C(=O)OC(C)(C)C)CC2)cc1. The van der Waals surface area contributed by atoms with E-state index in [1.165, 1.54) is 5.69 Å². The second-order valence-corrected chi connectivity index (χ2v) is 7.16. The molecule has 2 rings (SSSR count). The molecule has 1 saturated heterocycles. The molecule has 5 nitrogen and oxygen atoms in total. The number of piperazine rings is 1. The lowest BCUT2D eigenvalue weighted by Gasteiger charge is -2.36. The smallest absolute Gasteiger partial charge is 0.410 e. The van der Waals surface area contributed by atoms with Gasteiger partial charge in [0.05, 0.1) is 0 Å². The number of hydrogen-bond acceptors (Lipinski definition) is 4. The van der Waals surface area contributed by atoms with E-state index >= 15 is 0 Å². The van der Waals surface area contributed by atoms with E-state index in [9.17, 15) is 4.79 Å². The molecule has 5 heteroatoms. The van der Waals surface area contributed by atoms with Gasteiger partial charge >= 0.3 is 6.09 Å². The Labute approximate surface area is 151 Å². The van der Waals surface area contributed by atoms with Crippen LogP contribution in [0.1, 0.15) is 32.8 Å². The average molecular weight is 343 g/mol. The highest BCUT2D eigenvalue weighted by molar-refractivity contribution is 5.68. The molecule has 1 fully saturated rings. The van der Waals surface area contributed by atoms with Crippen molar-refractivity contribution in [2.75, 3.05) is 44.7 Å². The van der Waals surface area contributed by atoms with E-state index < -0.39 is 5.60 Å². The first-order valence-electron chi connectivity index (χ1n) is 8.85. The van der Waals surface area contributed by atoms with Crippen molar-refractivity contribution in [1.82, 2.24) is 10.2 Å². The van der Waals surface area contributed by atoms with Crippen molar-refractivity contribution in [3.8, 4) is 11.8 Å². The van der Waals surface area contributed by atoms with E-state index in [1.54, 1.807) is 4.90 Å². The molecule has 1 N–H and O–H groups in total. The van der Waals surface area contributed by atoms with Crippen molar-refractivity contribution in [1.29, 1.82) is 0 Å². The van der Waals surface area contributed by atoms with Crippen LogP contribution in [0.15, 0.2) is 24.3 Å². The molecule has 0 aromatic heterocycles. The number of hydrogen-bond donors (Lipinski definition) is 1. The molecule has 136 valence electrons. The van der Waals surface area contributed by atoms with Crippen LogP contribution in [0.2, 0.25) is 0 Å². The molecule has 0 bridgehead atoms. The minimum atomic E-state index is -0.446. The minimum absolute atomic E-state index is 0.223. The molecule has 0 spiro atoms. The number of carbonyl (C=O) groups is 1. The molecule has 0 atom stereocenters. The van der Waals surface area contributed by atoms with E-state index in [4.69, 9.17) is 4.74 Å². The molecule has 1 aromatic rings. The molecule has 1 amide bonds. The number of rotatable bonds is 3. The summed E-state index contributed by atoms with van der Waals surface area (Å²) in [4.78, 5) is 16.2. The summed E-state index contributed by atoms with van der Waals surface area (Å²) in [5.74, 6) is 6.33. The molecule has 0 radical (unpaired) electrons. The average Bonchev–Trinajstić information content (AvgIpc) is 2.58. The maximum atomic E-state index is 12.1. The third-order valence-corrected chi connectivity index (χ3v) is 3.90. The number of benzene rings is 1. The van der Waals surface area contributed by atoms with Gasteiger partial charge in [-0.05, 0) is 52.1 Å². The highest BCUT2D eigenvalue weighted by atomic mass is 16.6. The standard InChI is InChI=1S/C20H29N3O2/c1-20(2,3)25-19(24)23-15-13-22(14-16-23)18-10-8-17(9-11-18)7-5-6-12-21-4/h8-11,21H,6,12-16H2,1-4H3. The lowest BCUT2D eigenvalue weighted by molar-refractivity contribution is 0.0240. The van der Waals surface area contributed by atoms with Gasteiger partial charge in [0.15, 0.2) is 0 Å². The largest absolute Gasteiger partial charge is 0.444 e. The zero-order chi connectivity index (χ0) is 18.3. The predicted molar refractivity (Wildman–Crippen MR) is 102 cm³/mol. The highest BCUT2D eigenvalue weighted by Gasteiger charge is 2.25. The van der Waals surface area contributed by atoms with Crippen molar-refractivity contribution in [2.24, 2.45) is 0 Å². The van der Waals surface area contributed by atoms with Crippen molar-refractivity contribution in [2.45, 2.75) is 32.8 Å². The Kier molecular flexibility index (Phi) is 6.72. The van der Waals surface area contributed by atoms with Crippen molar-refractivity contribution < 1.29 is 9.53 Å². The molecular weight excluding hydrogens is 314 g/mol. The first-order valence-corrected chi connectivity index (χ1v) is 8.85. The van der Waals surface area contributed by atoms with Gasteiger partial charge in [0.2, 0.25) is 0 Å². The summed E-state index contributed by atoms with van der Waals surface area (Å²) in [6, 6.07) is 8.32. The van der Waals surface area contributed by atoms with Gasteiger partial charge in [-0.15, -0.1) is 0 Å². The van der Waals surface area contributed by atoms with Gasteiger partial charge in [-0.3, -0.25) is 0 Å². The van der Waals surface area contributed by atoms with Crippen LogP contribution >= 0.6 is 0 Å². The van der Waals surface area contributed by atoms with Crippen LogP contribution in [0.5, 0.6) is 0 Å². The van der Waals surface area contributed by atoms with Crippen LogP contribution < -0.4 is 10.2 Å². The summed E-state index contributed by atoms with van der Waals surface area (Å²) in [6.07, 6.45) is 0.629. The third-order valence-electron chi connectivity index (χ3n) is 3.90. The van der Waals surface area contributed by atoms with E-state index in [2.05, 4.69) is 46.3 Å². The van der Waals surface area contributed by atoms with Crippen LogP contribution in [0, 0.1) is 11.8 Å². The van der Waals surface area contributed by atoms with E-state index in [0.717, 1.165) is 31.6 Å². The topological polar surface area (TPSA) is 44.8 Å². The van der Waals surface area contributed by atoms with E-state index in [1.807, 2.05) is 27.8 Å². The molecule has 0 unspecified atom stereocenters. The molecular formula is C20H29N3O2. The Morgan fingerprint density at radius 2 is 1.80 bits per heavy atom. The van der Waals surface area contributed by atoms with Crippen LogP contribution in [0.3, 0.4) is 0 Å². The maximum absolute atomic E-state index is 12.1. The fourth-order valence-electron chi connectivity index (χ4n) is 2.58. The molecule has 0 aliphatic carbocycles. The lowest BCUT2D eigenvalue weighted by atomic mass is 10.1. The van der Waals surface area contributed by atoms with E-state index in [0.29, 0.717) is 13.1 Å². The zero-order valence-electron chi connectivity index (χ0n) is 15.8. The Morgan fingerprint density at radius 1 is 1.16 bits per heavy atom. The zero-order valence-corrected chi connectivity index (χ0v) is 15.8. The second-order valence-electron chi connectivity index (χ2n) is 7.16. The van der Waals surface area contributed by atoms with Gasteiger partial charge < -0.3 is 19.9 Å². The third kappa shape index (κ3) is 6.32. The Bertz CT molecular complexity index is 615. The molecule has 1 aliphatic rings. The summed E-state index contributed by atoms with van der Waals surface area (Å²) in [5, 5.41) is 3.08. The van der Waals surface area contributed by atoms with Gasteiger partial charge in [-0.2, -0.15) is 0 Å². The highest BCUT2D eigenvalue weighted by Crippen LogP contribution is 2.18. The van der Waals surface area contributed by atoms with Crippen LogP contribution in [-0.2, 0) is 4.74 Å². The molecule has 1 aromatic carbocycles. The van der Waals surface area contributed by atoms with Gasteiger partial charge in [0.1, 0.15) is 5.60 Å². The normalized spacial score (nSPS) is 14.7. The van der Waals surface area contributed by atoms with Gasteiger partial charge in [0.25, 0.3) is 0 Å². The number of anilines is 1. The molecule has 0 saturated carbocycles. The number of amides is 1. The van der Waals surface area contributed by atoms with Crippen molar-refractivity contribution in [3.63, 3.8) is 0 Å². The lowest BCUT2D eigenvalue weighted by Crippen LogP contribution is -2.50. The van der Waals surface area contributed by atoms with Gasteiger partial charge in [-0.1, -0.05) is 11.8 Å². The molecule has 25 heavy (non-hydrogen) atoms. The van der Waals surface area contributed by atoms with Crippen LogP contribution in [0.25, 0.3) is 0 Å². The Hall–Kier alpha value is -2.19. The van der Waals surface area contributed by atoms with Crippen LogP contribution in [-0.4, -0.2) is 56.4 Å². The van der Waals surface area contributed by atoms with E-state index in [-0.39, 0.29) is 6.09 Å². The summed E-state index contributed by atoms with van der Waals surface area (Å²) < 4.78 is 5.44. The number of nitrogens with zero attached hydrogens (tertiary/aromatic N) is 2. The summed E-state index contributed by atoms with van der Waals surface area (Å²) >= 11 is 0. The number of carbonyl (C=O) groups excluding carboxylic acids is 1. The maximum Gasteiger partial charge on any atom is 0.410 e. The Balaban J connectivity index is 1.86. The molecule has 1 heterocycles. The first kappa shape index (κ1) is 19.1. The van der Waals surface area contributed by atoms with Gasteiger partial charge in [0, 0.05) is 50.4 Å². The van der Waals surface area contributed by atoms with Gasteiger partial charge in [-0.25, -0.2) is 4.79 Å². The fraction of sp³-hybridized carbons (Fsp3) is 0.550. The predicted octanol–water partition coefficient (Wildman–Crippen LogP) is 2.70. The summed E-state index contributed by atoms with van der Waals surface area (Å²) in [5.41, 5.74) is 1.76. The quantitative estimate of drug-likeness (QED) is 0.677. The number of ether oxygens (including phenoxy) is 1. The van der Waals surface area contributed by atoms with Crippen LogP contribution in [0.4, 0.5) is 10.5 Å². The van der Waals surface area contributed by atoms with Crippen molar-refractivity contribution in [3.05, 3.63) is 29.8 Å². The summed E-state index contributed by atoms with van der Waals surface area (Å²) in [7, 11) is 1.93. The molecule has 1 aliphatic heterocycles. The summed E-state index contributed by atoms with van der Waals surface area (Å²) in [6.45, 7) is 9.58. The monoisotopic (exact) mass is 343 g/mol. The second kappa shape index (κ2) is 8.77.